The van der Waals surface area contributed by atoms with E-state index in [1.54, 1.807) is 6.92 Å². The minimum Gasteiger partial charge on any atom is -0.481 e. The number of hydrogen-bond donors (Lipinski definition) is 2. The fourth-order valence-electron chi connectivity index (χ4n) is 1.95. The number of carbonyl (C=O) groups is 2. The van der Waals surface area contributed by atoms with Crippen molar-refractivity contribution < 1.29 is 19.1 Å². The van der Waals surface area contributed by atoms with Gasteiger partial charge in [0.15, 0.2) is 0 Å². The molecule has 5 nitrogen and oxygen atoms in total. The van der Waals surface area contributed by atoms with E-state index in [0.717, 1.165) is 11.3 Å². The van der Waals surface area contributed by atoms with Crippen molar-refractivity contribution in [1.82, 2.24) is 5.32 Å². The summed E-state index contributed by atoms with van der Waals surface area (Å²) in [7, 11) is 0. The SMILES string of the molecule is Cc1oc(C)c(C(=O)NCC(C)CCC(=O)O)c1C. The van der Waals surface area contributed by atoms with Crippen LogP contribution < -0.4 is 5.32 Å². The van der Waals surface area contributed by atoms with Crippen LogP contribution in [0.3, 0.4) is 0 Å². The van der Waals surface area contributed by atoms with E-state index in [4.69, 9.17) is 9.52 Å². The van der Waals surface area contributed by atoms with Crippen molar-refractivity contribution in [2.24, 2.45) is 5.92 Å². The number of aliphatic carboxylic acids is 1. The van der Waals surface area contributed by atoms with Gasteiger partial charge in [-0.15, -0.1) is 0 Å². The van der Waals surface area contributed by atoms with Crippen molar-refractivity contribution in [3.05, 3.63) is 22.6 Å². The fraction of sp³-hybridized carbons (Fsp3) is 0.571. The molecule has 1 aromatic rings. The molecule has 0 bridgehead atoms. The number of aryl methyl sites for hydroxylation is 2. The summed E-state index contributed by atoms with van der Waals surface area (Å²) < 4.78 is 5.41. The van der Waals surface area contributed by atoms with Crippen LogP contribution in [0, 0.1) is 26.7 Å². The number of carboxylic acid groups (broad SMARTS) is 1. The summed E-state index contributed by atoms with van der Waals surface area (Å²) in [5, 5.41) is 11.4. The first-order valence-electron chi connectivity index (χ1n) is 6.39. The van der Waals surface area contributed by atoms with Gasteiger partial charge < -0.3 is 14.8 Å². The largest absolute Gasteiger partial charge is 0.481 e. The number of carboxylic acids is 1. The lowest BCUT2D eigenvalue weighted by Crippen LogP contribution is -2.29. The normalized spacial score (nSPS) is 12.2. The molecular formula is C14H21NO4. The lowest BCUT2D eigenvalue weighted by Gasteiger charge is -2.11. The number of carbonyl (C=O) groups excluding carboxylic acids is 1. The highest BCUT2D eigenvalue weighted by atomic mass is 16.4. The van der Waals surface area contributed by atoms with Crippen LogP contribution in [-0.4, -0.2) is 23.5 Å². The fourth-order valence-corrected chi connectivity index (χ4v) is 1.95. The van der Waals surface area contributed by atoms with Gasteiger partial charge in [0.25, 0.3) is 5.91 Å². The van der Waals surface area contributed by atoms with Crippen LogP contribution in [0.1, 0.15) is 47.2 Å². The third kappa shape index (κ3) is 4.12. The van der Waals surface area contributed by atoms with Crippen molar-refractivity contribution in [2.45, 2.75) is 40.5 Å². The quantitative estimate of drug-likeness (QED) is 0.829. The standard InChI is InChI=1S/C14H21NO4/c1-8(5-6-12(16)17)7-15-14(18)13-9(2)10(3)19-11(13)4/h8H,5-7H2,1-4H3,(H,15,18)(H,16,17). The zero-order valence-electron chi connectivity index (χ0n) is 11.9. The first-order valence-corrected chi connectivity index (χ1v) is 6.39. The number of nitrogens with one attached hydrogen (secondary N) is 1. The van der Waals surface area contributed by atoms with Crippen molar-refractivity contribution >= 4 is 11.9 Å². The number of furan rings is 1. The Hall–Kier alpha value is -1.78. The molecule has 1 atom stereocenters. The Balaban J connectivity index is 2.54. The highest BCUT2D eigenvalue weighted by molar-refractivity contribution is 5.96. The summed E-state index contributed by atoms with van der Waals surface area (Å²) >= 11 is 0. The van der Waals surface area contributed by atoms with Gasteiger partial charge in [0.1, 0.15) is 11.5 Å². The predicted molar refractivity (Wildman–Crippen MR) is 71.3 cm³/mol. The number of hydrogen-bond acceptors (Lipinski definition) is 3. The molecule has 1 rings (SSSR count). The monoisotopic (exact) mass is 267 g/mol. The minimum atomic E-state index is -0.810. The third-order valence-corrected chi connectivity index (χ3v) is 3.25. The number of rotatable bonds is 6. The second-order valence-electron chi connectivity index (χ2n) is 4.96. The van der Waals surface area contributed by atoms with E-state index in [0.29, 0.717) is 24.3 Å². The van der Waals surface area contributed by atoms with E-state index in [9.17, 15) is 9.59 Å². The smallest absolute Gasteiger partial charge is 0.303 e. The molecule has 1 unspecified atom stereocenters. The molecule has 0 aromatic carbocycles. The van der Waals surface area contributed by atoms with Crippen molar-refractivity contribution in [1.29, 1.82) is 0 Å². The van der Waals surface area contributed by atoms with E-state index in [-0.39, 0.29) is 18.2 Å². The molecule has 19 heavy (non-hydrogen) atoms. The average molecular weight is 267 g/mol. The van der Waals surface area contributed by atoms with Crippen LogP contribution in [0.15, 0.2) is 4.42 Å². The maximum atomic E-state index is 12.1. The second-order valence-corrected chi connectivity index (χ2v) is 4.96. The maximum absolute atomic E-state index is 12.1. The molecule has 0 aliphatic rings. The molecule has 5 heteroatoms. The second kappa shape index (κ2) is 6.41. The van der Waals surface area contributed by atoms with Crippen LogP contribution in [0.5, 0.6) is 0 Å². The molecule has 0 saturated heterocycles. The van der Waals surface area contributed by atoms with Crippen LogP contribution in [0.2, 0.25) is 0 Å². The van der Waals surface area contributed by atoms with Crippen LogP contribution in [-0.2, 0) is 4.79 Å². The number of amides is 1. The zero-order valence-corrected chi connectivity index (χ0v) is 11.9. The Morgan fingerprint density at radius 2 is 1.89 bits per heavy atom. The molecule has 0 radical (unpaired) electrons. The molecule has 0 spiro atoms. The summed E-state index contributed by atoms with van der Waals surface area (Å²) in [5.41, 5.74) is 1.44. The van der Waals surface area contributed by atoms with Gasteiger partial charge in [0.2, 0.25) is 0 Å². The van der Waals surface area contributed by atoms with Gasteiger partial charge in [-0.25, -0.2) is 0 Å². The van der Waals surface area contributed by atoms with Gasteiger partial charge in [-0.3, -0.25) is 9.59 Å². The summed E-state index contributed by atoms with van der Waals surface area (Å²) in [6.45, 7) is 7.84. The van der Waals surface area contributed by atoms with Gasteiger partial charge in [0.05, 0.1) is 5.56 Å². The maximum Gasteiger partial charge on any atom is 0.303 e. The first-order chi connectivity index (χ1) is 8.82. The third-order valence-electron chi connectivity index (χ3n) is 3.25. The molecular weight excluding hydrogens is 246 g/mol. The Morgan fingerprint density at radius 1 is 1.26 bits per heavy atom. The summed E-state index contributed by atoms with van der Waals surface area (Å²) in [6, 6.07) is 0. The van der Waals surface area contributed by atoms with E-state index >= 15 is 0 Å². The van der Waals surface area contributed by atoms with Gasteiger partial charge >= 0.3 is 5.97 Å². The Morgan fingerprint density at radius 3 is 2.37 bits per heavy atom. The molecule has 0 fully saturated rings. The predicted octanol–water partition coefficient (Wildman–Crippen LogP) is 2.44. The van der Waals surface area contributed by atoms with E-state index in [1.165, 1.54) is 0 Å². The summed E-state index contributed by atoms with van der Waals surface area (Å²) in [6.07, 6.45) is 0.678. The van der Waals surface area contributed by atoms with Gasteiger partial charge in [-0.1, -0.05) is 6.92 Å². The summed E-state index contributed by atoms with van der Waals surface area (Å²) in [4.78, 5) is 22.5. The molecule has 1 amide bonds. The molecule has 1 heterocycles. The van der Waals surface area contributed by atoms with Gasteiger partial charge in [-0.2, -0.15) is 0 Å². The highest BCUT2D eigenvalue weighted by Crippen LogP contribution is 2.20. The van der Waals surface area contributed by atoms with E-state index in [2.05, 4.69) is 5.32 Å². The Kier molecular flexibility index (Phi) is 5.15. The molecule has 0 aliphatic carbocycles. The minimum absolute atomic E-state index is 0.125. The summed E-state index contributed by atoms with van der Waals surface area (Å²) in [5.74, 6) is 0.533. The molecule has 106 valence electrons. The van der Waals surface area contributed by atoms with Crippen molar-refractivity contribution in [3.8, 4) is 0 Å². The van der Waals surface area contributed by atoms with Gasteiger partial charge in [0, 0.05) is 18.5 Å². The molecule has 0 aliphatic heterocycles. The molecule has 1 aromatic heterocycles. The Bertz CT molecular complexity index is 476. The van der Waals surface area contributed by atoms with Gasteiger partial charge in [-0.05, 0) is 33.1 Å². The molecule has 0 saturated carbocycles. The lowest BCUT2D eigenvalue weighted by molar-refractivity contribution is -0.137. The van der Waals surface area contributed by atoms with Crippen molar-refractivity contribution in [3.63, 3.8) is 0 Å². The van der Waals surface area contributed by atoms with Crippen LogP contribution in [0.4, 0.5) is 0 Å². The van der Waals surface area contributed by atoms with E-state index in [1.807, 2.05) is 20.8 Å². The lowest BCUT2D eigenvalue weighted by atomic mass is 10.1. The van der Waals surface area contributed by atoms with E-state index < -0.39 is 5.97 Å². The highest BCUT2D eigenvalue weighted by Gasteiger charge is 2.18. The topological polar surface area (TPSA) is 79.5 Å². The van der Waals surface area contributed by atoms with Crippen molar-refractivity contribution in [2.75, 3.05) is 6.54 Å². The zero-order chi connectivity index (χ0) is 14.6. The van der Waals surface area contributed by atoms with Crippen LogP contribution in [0.25, 0.3) is 0 Å². The average Bonchev–Trinajstić information content (AvgIpc) is 2.58. The first kappa shape index (κ1) is 15.3. The molecule has 2 N–H and O–H groups in total. The Labute approximate surface area is 113 Å². The van der Waals surface area contributed by atoms with Crippen LogP contribution >= 0.6 is 0 Å².